The first-order chi connectivity index (χ1) is 17.1. The van der Waals surface area contributed by atoms with E-state index in [0.717, 1.165) is 29.0 Å². The number of halogens is 4. The van der Waals surface area contributed by atoms with Crippen LogP contribution in [0.3, 0.4) is 0 Å². The zero-order valence-electron chi connectivity index (χ0n) is 18.1. The fourth-order valence-electron chi connectivity index (χ4n) is 3.16. The number of hydrogen-bond donors (Lipinski definition) is 1. The molecule has 0 saturated heterocycles. The topological polar surface area (TPSA) is 92.3 Å². The lowest BCUT2D eigenvalue weighted by Gasteiger charge is -2.25. The van der Waals surface area contributed by atoms with Crippen LogP contribution >= 0.6 is 22.9 Å². The van der Waals surface area contributed by atoms with E-state index in [1.165, 1.54) is 24.3 Å². The Kier molecular flexibility index (Phi) is 7.29. The highest BCUT2D eigenvalue weighted by molar-refractivity contribution is 7.92. The highest BCUT2D eigenvalue weighted by Gasteiger charge is 2.34. The summed E-state index contributed by atoms with van der Waals surface area (Å²) in [6, 6.07) is 18.3. The number of nitrogens with zero attached hydrogens (tertiary/aromatic N) is 3. The Balaban J connectivity index is 1.67. The number of hydrogen-bond acceptors (Lipinski definition) is 6. The maximum atomic E-state index is 13.4. The van der Waals surface area contributed by atoms with E-state index in [1.807, 2.05) is 6.07 Å². The molecule has 186 valence electrons. The monoisotopic (exact) mass is 552 g/mol. The van der Waals surface area contributed by atoms with E-state index in [0.29, 0.717) is 15.4 Å². The maximum absolute atomic E-state index is 13.4. The van der Waals surface area contributed by atoms with Crippen LogP contribution in [0.1, 0.15) is 5.56 Å². The third-order valence-electron chi connectivity index (χ3n) is 4.85. The van der Waals surface area contributed by atoms with Gasteiger partial charge in [0.15, 0.2) is 0 Å². The first-order valence-electron chi connectivity index (χ1n) is 10.2. The van der Waals surface area contributed by atoms with Crippen molar-refractivity contribution in [2.75, 3.05) is 16.2 Å². The summed E-state index contributed by atoms with van der Waals surface area (Å²) in [4.78, 5) is 12.6. The smallest absolute Gasteiger partial charge is 0.299 e. The van der Waals surface area contributed by atoms with Crippen molar-refractivity contribution in [1.82, 2.24) is 10.2 Å². The number of alkyl halides is 3. The summed E-state index contributed by atoms with van der Waals surface area (Å²) >= 11 is 7.18. The van der Waals surface area contributed by atoms with Gasteiger partial charge in [0.25, 0.3) is 10.0 Å². The summed E-state index contributed by atoms with van der Waals surface area (Å²) in [7, 11) is -4.48. The van der Waals surface area contributed by atoms with E-state index in [4.69, 9.17) is 11.6 Å². The molecule has 0 spiro atoms. The second-order valence-electron chi connectivity index (χ2n) is 7.32. The van der Waals surface area contributed by atoms with Crippen LogP contribution in [0.15, 0.2) is 83.8 Å². The molecule has 0 radical (unpaired) electrons. The van der Waals surface area contributed by atoms with Gasteiger partial charge in [0.1, 0.15) is 11.6 Å². The largest absolute Gasteiger partial charge is 0.416 e. The fraction of sp³-hybridized carbons (Fsp3) is 0.0870. The molecule has 0 aliphatic heterocycles. The predicted octanol–water partition coefficient (Wildman–Crippen LogP) is 5.71. The van der Waals surface area contributed by atoms with Gasteiger partial charge in [0.2, 0.25) is 11.0 Å². The summed E-state index contributed by atoms with van der Waals surface area (Å²) in [5.74, 6) is -0.848. The van der Waals surface area contributed by atoms with Crippen LogP contribution in [0.5, 0.6) is 0 Å². The molecule has 36 heavy (non-hydrogen) atoms. The SMILES string of the molecule is O=C(CN(c1cc(C(F)(F)F)ccc1Cl)S(=O)(=O)c1ccccc1)Nc1nnc(-c2ccccc2)s1. The number of carbonyl (C=O) groups excluding carboxylic acids is 1. The van der Waals surface area contributed by atoms with Crippen LogP contribution in [0.25, 0.3) is 10.6 Å². The lowest BCUT2D eigenvalue weighted by atomic mass is 10.2. The van der Waals surface area contributed by atoms with Crippen LogP contribution in [0, 0.1) is 0 Å². The van der Waals surface area contributed by atoms with Crippen LogP contribution in [0.4, 0.5) is 24.0 Å². The van der Waals surface area contributed by atoms with Crippen molar-refractivity contribution >= 4 is 49.7 Å². The lowest BCUT2D eigenvalue weighted by molar-refractivity contribution is -0.137. The zero-order valence-corrected chi connectivity index (χ0v) is 20.5. The summed E-state index contributed by atoms with van der Waals surface area (Å²) < 4.78 is 67.5. The number of aromatic nitrogens is 2. The second-order valence-corrected chi connectivity index (χ2v) is 10.6. The van der Waals surface area contributed by atoms with Crippen molar-refractivity contribution in [3.8, 4) is 10.6 Å². The zero-order chi connectivity index (χ0) is 25.9. The fourth-order valence-corrected chi connectivity index (χ4v) is 5.65. The highest BCUT2D eigenvalue weighted by atomic mass is 35.5. The van der Waals surface area contributed by atoms with E-state index >= 15 is 0 Å². The van der Waals surface area contributed by atoms with E-state index in [9.17, 15) is 26.4 Å². The van der Waals surface area contributed by atoms with Gasteiger partial charge in [-0.2, -0.15) is 13.2 Å². The molecule has 1 N–H and O–H groups in total. The second kappa shape index (κ2) is 10.2. The lowest BCUT2D eigenvalue weighted by Crippen LogP contribution is -2.38. The molecule has 0 aliphatic rings. The van der Waals surface area contributed by atoms with E-state index in [1.54, 1.807) is 30.3 Å². The van der Waals surface area contributed by atoms with Gasteiger partial charge in [-0.1, -0.05) is 71.5 Å². The van der Waals surface area contributed by atoms with Crippen molar-refractivity contribution in [3.05, 3.63) is 89.4 Å². The van der Waals surface area contributed by atoms with Gasteiger partial charge < -0.3 is 0 Å². The molecule has 0 aliphatic carbocycles. The molecule has 0 bridgehead atoms. The third kappa shape index (κ3) is 5.66. The first-order valence-corrected chi connectivity index (χ1v) is 12.8. The molecule has 1 heterocycles. The minimum absolute atomic E-state index is 0.0889. The Labute approximate surface area is 213 Å². The summed E-state index contributed by atoms with van der Waals surface area (Å²) in [5.41, 5.74) is -0.848. The number of amides is 1. The number of rotatable bonds is 7. The van der Waals surface area contributed by atoms with Crippen LogP contribution < -0.4 is 9.62 Å². The maximum Gasteiger partial charge on any atom is 0.416 e. The summed E-state index contributed by atoms with van der Waals surface area (Å²) in [6.45, 7) is -0.863. The van der Waals surface area contributed by atoms with Crippen molar-refractivity contribution < 1.29 is 26.4 Å². The Bertz CT molecular complexity index is 1480. The molecule has 0 unspecified atom stereocenters. The summed E-state index contributed by atoms with van der Waals surface area (Å²) in [6.07, 6.45) is -4.76. The Morgan fingerprint density at radius 3 is 2.25 bits per heavy atom. The minimum Gasteiger partial charge on any atom is -0.299 e. The Morgan fingerprint density at radius 1 is 0.972 bits per heavy atom. The summed E-state index contributed by atoms with van der Waals surface area (Å²) in [5, 5.41) is 10.7. The molecule has 1 amide bonds. The van der Waals surface area contributed by atoms with Gasteiger partial charge in [-0.3, -0.25) is 14.4 Å². The molecule has 0 fully saturated rings. The van der Waals surface area contributed by atoms with Gasteiger partial charge in [0.05, 0.1) is 21.2 Å². The van der Waals surface area contributed by atoms with Gasteiger partial charge in [-0.05, 0) is 30.3 Å². The Hall–Kier alpha value is -3.48. The molecular formula is C23H16ClF3N4O3S2. The number of benzene rings is 3. The molecule has 0 saturated carbocycles. The van der Waals surface area contributed by atoms with Crippen LogP contribution in [0.2, 0.25) is 5.02 Å². The molecule has 7 nitrogen and oxygen atoms in total. The predicted molar refractivity (Wildman–Crippen MR) is 131 cm³/mol. The first kappa shape index (κ1) is 25.6. The Morgan fingerprint density at radius 2 is 1.61 bits per heavy atom. The molecule has 3 aromatic carbocycles. The van der Waals surface area contributed by atoms with Gasteiger partial charge >= 0.3 is 6.18 Å². The van der Waals surface area contributed by atoms with Gasteiger partial charge in [0, 0.05) is 5.56 Å². The standard InChI is InChI=1S/C23H16ClF3N4O3S2/c24-18-12-11-16(23(25,26)27)13-19(18)31(36(33,34)17-9-5-2-6-10-17)14-20(32)28-22-30-29-21(35-22)15-7-3-1-4-8-15/h1-13H,14H2,(H,28,30,32). The minimum atomic E-state index is -4.76. The number of nitrogens with one attached hydrogen (secondary N) is 1. The highest BCUT2D eigenvalue weighted by Crippen LogP contribution is 2.37. The van der Waals surface area contributed by atoms with Crippen molar-refractivity contribution in [3.63, 3.8) is 0 Å². The third-order valence-corrected chi connectivity index (χ3v) is 7.83. The van der Waals surface area contributed by atoms with Gasteiger partial charge in [-0.15, -0.1) is 10.2 Å². The number of carbonyl (C=O) groups is 1. The van der Waals surface area contributed by atoms with E-state index in [-0.39, 0.29) is 15.0 Å². The quantitative estimate of drug-likeness (QED) is 0.317. The number of anilines is 2. The average Bonchev–Trinajstić information content (AvgIpc) is 3.32. The van der Waals surface area contributed by atoms with E-state index < -0.39 is 39.9 Å². The van der Waals surface area contributed by atoms with E-state index in [2.05, 4.69) is 15.5 Å². The van der Waals surface area contributed by atoms with Crippen molar-refractivity contribution in [1.29, 1.82) is 0 Å². The van der Waals surface area contributed by atoms with Crippen molar-refractivity contribution in [2.24, 2.45) is 0 Å². The average molecular weight is 553 g/mol. The van der Waals surface area contributed by atoms with Gasteiger partial charge in [-0.25, -0.2) is 8.42 Å². The van der Waals surface area contributed by atoms with Crippen LogP contribution in [-0.2, 0) is 21.0 Å². The molecule has 0 atom stereocenters. The molecule has 13 heteroatoms. The van der Waals surface area contributed by atoms with Crippen molar-refractivity contribution in [2.45, 2.75) is 11.1 Å². The molecule has 4 aromatic rings. The van der Waals surface area contributed by atoms with Crippen LogP contribution in [-0.4, -0.2) is 31.1 Å². The number of sulfonamides is 1. The normalized spacial score (nSPS) is 11.8. The molecular weight excluding hydrogens is 537 g/mol. The molecule has 1 aromatic heterocycles. The molecule has 4 rings (SSSR count).